The van der Waals surface area contributed by atoms with Gasteiger partial charge in [0.15, 0.2) is 23.2 Å². The molecule has 0 bridgehead atoms. The van der Waals surface area contributed by atoms with E-state index in [1.807, 2.05) is 0 Å². The molecule has 3 aromatic rings. The monoisotopic (exact) mass is 622 g/mol. The molecule has 2 saturated carbocycles. The molecule has 0 spiro atoms. The zero-order chi connectivity index (χ0) is 31.8. The summed E-state index contributed by atoms with van der Waals surface area (Å²) in [6, 6.07) is 12.8. The molecule has 0 atom stereocenters. The lowest BCUT2D eigenvalue weighted by atomic mass is 9.68. The van der Waals surface area contributed by atoms with Crippen molar-refractivity contribution in [3.05, 3.63) is 77.4 Å². The van der Waals surface area contributed by atoms with Gasteiger partial charge in [0.2, 0.25) is 5.82 Å². The molecule has 2 fully saturated rings. The average Bonchev–Trinajstić information content (AvgIpc) is 3.07. The van der Waals surface area contributed by atoms with Crippen molar-refractivity contribution in [1.29, 1.82) is 0 Å². The van der Waals surface area contributed by atoms with E-state index in [0.29, 0.717) is 23.3 Å². The third kappa shape index (κ3) is 8.13. The number of hydrogen-bond acceptors (Lipinski definition) is 1. The Morgan fingerprint density at radius 3 is 1.69 bits per heavy atom. The van der Waals surface area contributed by atoms with E-state index < -0.39 is 23.3 Å². The van der Waals surface area contributed by atoms with Crippen LogP contribution >= 0.6 is 0 Å². The molecule has 0 saturated heterocycles. The molecule has 0 heterocycles. The summed E-state index contributed by atoms with van der Waals surface area (Å²) in [5.74, 6) is -1.22. The summed E-state index contributed by atoms with van der Waals surface area (Å²) in [6.45, 7) is 4.66. The summed E-state index contributed by atoms with van der Waals surface area (Å²) in [5, 5.41) is 0. The van der Waals surface area contributed by atoms with Gasteiger partial charge in [-0.2, -0.15) is 4.39 Å². The molecule has 2 aliphatic rings. The van der Waals surface area contributed by atoms with Gasteiger partial charge in [-0.1, -0.05) is 102 Å². The fraction of sp³-hybridized carbons (Fsp3) is 0.550. The lowest BCUT2D eigenvalue weighted by Gasteiger charge is -2.38. The fourth-order valence-electron chi connectivity index (χ4n) is 7.87. The van der Waals surface area contributed by atoms with Crippen LogP contribution in [0.15, 0.2) is 48.5 Å². The van der Waals surface area contributed by atoms with Crippen LogP contribution in [0.4, 0.5) is 17.6 Å². The van der Waals surface area contributed by atoms with Crippen molar-refractivity contribution in [2.45, 2.75) is 116 Å². The average molecular weight is 623 g/mol. The molecular weight excluding hydrogens is 572 g/mol. The maximum atomic E-state index is 15.5. The molecular formula is C40H50F4O. The number of ether oxygens (including phenoxy) is 1. The van der Waals surface area contributed by atoms with Gasteiger partial charge < -0.3 is 4.74 Å². The zero-order valence-electron chi connectivity index (χ0n) is 27.2. The molecule has 0 aromatic heterocycles. The minimum Gasteiger partial charge on any atom is -0.490 e. The highest BCUT2D eigenvalue weighted by Gasteiger charge is 2.32. The van der Waals surface area contributed by atoms with Gasteiger partial charge in [0.25, 0.3) is 0 Å². The normalized spacial score (nSPS) is 22.0. The molecule has 244 valence electrons. The number of rotatable bonds is 13. The quantitative estimate of drug-likeness (QED) is 0.136. The van der Waals surface area contributed by atoms with E-state index in [4.69, 9.17) is 4.74 Å². The highest BCUT2D eigenvalue weighted by atomic mass is 19.2. The molecule has 0 radical (unpaired) electrons. The van der Waals surface area contributed by atoms with E-state index in [0.717, 1.165) is 62.7 Å². The largest absolute Gasteiger partial charge is 0.490 e. The van der Waals surface area contributed by atoms with E-state index in [9.17, 15) is 8.78 Å². The summed E-state index contributed by atoms with van der Waals surface area (Å²) in [7, 11) is 0. The van der Waals surface area contributed by atoms with Gasteiger partial charge in [-0.15, -0.1) is 0 Å². The van der Waals surface area contributed by atoms with Gasteiger partial charge in [-0.25, -0.2) is 13.2 Å². The second-order valence-corrected chi connectivity index (χ2v) is 13.6. The first kappa shape index (κ1) is 33.5. The Morgan fingerprint density at radius 1 is 0.556 bits per heavy atom. The summed E-state index contributed by atoms with van der Waals surface area (Å²) < 4.78 is 66.0. The Hall–Kier alpha value is -2.82. The molecule has 0 N–H and O–H groups in total. The van der Waals surface area contributed by atoms with Crippen molar-refractivity contribution in [3.8, 4) is 28.0 Å². The Kier molecular flexibility index (Phi) is 12.0. The fourth-order valence-corrected chi connectivity index (χ4v) is 7.87. The van der Waals surface area contributed by atoms with Crippen molar-refractivity contribution in [2.24, 2.45) is 17.8 Å². The van der Waals surface area contributed by atoms with Crippen LogP contribution < -0.4 is 4.74 Å². The maximum Gasteiger partial charge on any atom is 0.201 e. The van der Waals surface area contributed by atoms with Gasteiger partial charge in [0, 0.05) is 11.1 Å². The van der Waals surface area contributed by atoms with Crippen LogP contribution in [0.1, 0.15) is 122 Å². The lowest BCUT2D eigenvalue weighted by molar-refractivity contribution is 0.155. The Morgan fingerprint density at radius 2 is 1.09 bits per heavy atom. The molecule has 0 amide bonds. The van der Waals surface area contributed by atoms with Crippen molar-refractivity contribution in [1.82, 2.24) is 0 Å². The van der Waals surface area contributed by atoms with Crippen LogP contribution in [-0.4, -0.2) is 6.61 Å². The van der Waals surface area contributed by atoms with Gasteiger partial charge in [-0.3, -0.25) is 0 Å². The van der Waals surface area contributed by atoms with Crippen molar-refractivity contribution in [2.75, 3.05) is 6.61 Å². The van der Waals surface area contributed by atoms with Crippen LogP contribution in [0.3, 0.4) is 0 Å². The van der Waals surface area contributed by atoms with Crippen LogP contribution in [-0.2, 0) is 0 Å². The Labute approximate surface area is 267 Å². The minimum absolute atomic E-state index is 0.0500. The van der Waals surface area contributed by atoms with Crippen LogP contribution in [0.2, 0.25) is 0 Å². The van der Waals surface area contributed by atoms with Gasteiger partial charge in [0.05, 0.1) is 6.61 Å². The maximum absolute atomic E-state index is 15.5. The first-order valence-corrected chi connectivity index (χ1v) is 17.6. The molecule has 0 unspecified atom stereocenters. The molecule has 2 aliphatic carbocycles. The third-order valence-corrected chi connectivity index (χ3v) is 10.7. The van der Waals surface area contributed by atoms with Crippen molar-refractivity contribution >= 4 is 0 Å². The summed E-state index contributed by atoms with van der Waals surface area (Å²) >= 11 is 0. The second kappa shape index (κ2) is 16.1. The smallest absolute Gasteiger partial charge is 0.201 e. The van der Waals surface area contributed by atoms with Gasteiger partial charge in [0.1, 0.15) is 0 Å². The lowest BCUT2D eigenvalue weighted by Crippen LogP contribution is -2.25. The summed E-state index contributed by atoms with van der Waals surface area (Å²) in [4.78, 5) is 0. The molecule has 45 heavy (non-hydrogen) atoms. The summed E-state index contributed by atoms with van der Waals surface area (Å²) in [5.41, 5.74) is 1.70. The molecule has 5 rings (SSSR count). The van der Waals surface area contributed by atoms with Crippen LogP contribution in [0.25, 0.3) is 22.3 Å². The second-order valence-electron chi connectivity index (χ2n) is 13.6. The van der Waals surface area contributed by atoms with Gasteiger partial charge >= 0.3 is 0 Å². The standard InChI is InChI=1S/C40H50F4O/c1-3-5-7-9-27-10-12-28(13-11-27)29-14-16-30(17-15-29)33-22-23-34(38(42)37(33)41)31-18-20-32(21-19-31)35-24-25-36(40(44)39(35)43)45-26-8-6-4-2/h18-25,27-30H,3-17,26H2,1-2H3. The van der Waals surface area contributed by atoms with E-state index in [1.165, 1.54) is 63.5 Å². The predicted molar refractivity (Wildman–Crippen MR) is 176 cm³/mol. The topological polar surface area (TPSA) is 9.23 Å². The van der Waals surface area contributed by atoms with E-state index >= 15 is 8.78 Å². The minimum atomic E-state index is -1.02. The first-order chi connectivity index (χ1) is 21.9. The number of benzene rings is 3. The first-order valence-electron chi connectivity index (χ1n) is 17.6. The molecule has 1 nitrogen and oxygen atoms in total. The van der Waals surface area contributed by atoms with Crippen LogP contribution in [0, 0.1) is 41.0 Å². The third-order valence-electron chi connectivity index (χ3n) is 10.7. The number of halogens is 4. The zero-order valence-corrected chi connectivity index (χ0v) is 27.2. The van der Waals surface area contributed by atoms with Crippen molar-refractivity contribution in [3.63, 3.8) is 0 Å². The predicted octanol–water partition coefficient (Wildman–Crippen LogP) is 12.8. The van der Waals surface area contributed by atoms with Crippen LogP contribution in [0.5, 0.6) is 5.75 Å². The van der Waals surface area contributed by atoms with E-state index in [1.54, 1.807) is 36.4 Å². The van der Waals surface area contributed by atoms with Crippen molar-refractivity contribution < 1.29 is 22.3 Å². The molecule has 5 heteroatoms. The van der Waals surface area contributed by atoms with E-state index in [2.05, 4.69) is 13.8 Å². The highest BCUT2D eigenvalue weighted by molar-refractivity contribution is 5.72. The number of hydrogen-bond donors (Lipinski definition) is 0. The highest BCUT2D eigenvalue weighted by Crippen LogP contribution is 2.45. The number of unbranched alkanes of at least 4 members (excludes halogenated alkanes) is 4. The molecule has 0 aliphatic heterocycles. The van der Waals surface area contributed by atoms with E-state index in [-0.39, 0.29) is 22.8 Å². The SMILES string of the molecule is CCCCCOc1ccc(-c2ccc(-c3ccc(C4CCC(C5CCC(CCCCC)CC5)CC4)c(F)c3F)cc2)c(F)c1F. The Bertz CT molecular complexity index is 1370. The Balaban J connectivity index is 1.19. The van der Waals surface area contributed by atoms with Gasteiger partial charge in [-0.05, 0) is 97.4 Å². The summed E-state index contributed by atoms with van der Waals surface area (Å²) in [6.07, 6.45) is 17.6. The molecule has 3 aromatic carbocycles.